The maximum absolute atomic E-state index is 11.9. The molecule has 0 aromatic heterocycles. The second kappa shape index (κ2) is 6.45. The largest absolute Gasteiger partial charge is 0.397 e. The van der Waals surface area contributed by atoms with E-state index in [2.05, 4.69) is 37.3 Å². The minimum Gasteiger partial charge on any atom is -0.397 e. The number of nitrogen functional groups attached to an aromatic ring is 1. The molecule has 0 saturated heterocycles. The molecule has 0 aliphatic carbocycles. The summed E-state index contributed by atoms with van der Waals surface area (Å²) < 4.78 is 26.1. The number of benzene rings is 1. The first-order valence-corrected chi connectivity index (χ1v) is 8.27. The van der Waals surface area contributed by atoms with E-state index in [1.165, 1.54) is 13.1 Å². The first-order valence-electron chi connectivity index (χ1n) is 6.78. The van der Waals surface area contributed by atoms with Crippen molar-refractivity contribution in [2.24, 2.45) is 5.92 Å². The molecule has 0 fully saturated rings. The van der Waals surface area contributed by atoms with E-state index in [1.54, 1.807) is 12.1 Å². The lowest BCUT2D eigenvalue weighted by molar-refractivity contribution is 0.570. The molecule has 0 heterocycles. The highest BCUT2D eigenvalue weighted by molar-refractivity contribution is 7.89. The van der Waals surface area contributed by atoms with Crippen LogP contribution in [0, 0.1) is 5.92 Å². The van der Waals surface area contributed by atoms with Crippen molar-refractivity contribution in [2.45, 2.75) is 38.6 Å². The second-order valence-electron chi connectivity index (χ2n) is 5.57. The molecular weight excluding hydrogens is 274 g/mol. The highest BCUT2D eigenvalue weighted by atomic mass is 32.2. The molecule has 3 N–H and O–H groups in total. The Morgan fingerprint density at radius 3 is 2.30 bits per heavy atom. The molecule has 0 spiro atoms. The van der Waals surface area contributed by atoms with Crippen LogP contribution in [0.1, 0.15) is 27.7 Å². The van der Waals surface area contributed by atoms with Crippen LogP contribution in [0.2, 0.25) is 0 Å². The minimum absolute atomic E-state index is 0.235. The molecule has 0 bridgehead atoms. The number of sulfonamides is 1. The Balaban J connectivity index is 3.31. The van der Waals surface area contributed by atoms with E-state index in [-0.39, 0.29) is 10.9 Å². The number of nitrogens with two attached hydrogens (primary N) is 1. The molecule has 1 aromatic carbocycles. The van der Waals surface area contributed by atoms with Crippen molar-refractivity contribution in [3.8, 4) is 0 Å². The summed E-state index contributed by atoms with van der Waals surface area (Å²) in [5.41, 5.74) is 7.39. The van der Waals surface area contributed by atoms with E-state index >= 15 is 0 Å². The lowest BCUT2D eigenvalue weighted by Gasteiger charge is -2.32. The number of rotatable bonds is 6. The van der Waals surface area contributed by atoms with Crippen LogP contribution < -0.4 is 15.4 Å². The Kier molecular flexibility index (Phi) is 5.42. The lowest BCUT2D eigenvalue weighted by atomic mass is 10.1. The molecule has 0 atom stereocenters. The van der Waals surface area contributed by atoms with Crippen molar-refractivity contribution < 1.29 is 8.42 Å². The summed E-state index contributed by atoms with van der Waals surface area (Å²) in [6.07, 6.45) is 0. The third-order valence-corrected chi connectivity index (χ3v) is 4.49. The first-order chi connectivity index (χ1) is 9.19. The van der Waals surface area contributed by atoms with Gasteiger partial charge in [-0.3, -0.25) is 0 Å². The molecule has 0 unspecified atom stereocenters. The number of anilines is 2. The van der Waals surface area contributed by atoms with Gasteiger partial charge in [0.2, 0.25) is 10.0 Å². The van der Waals surface area contributed by atoms with Gasteiger partial charge in [-0.1, -0.05) is 13.8 Å². The number of nitrogens with zero attached hydrogens (tertiary/aromatic N) is 1. The van der Waals surface area contributed by atoms with E-state index in [0.717, 1.165) is 12.2 Å². The maximum Gasteiger partial charge on any atom is 0.240 e. The fourth-order valence-electron chi connectivity index (χ4n) is 2.04. The Morgan fingerprint density at radius 2 is 1.85 bits per heavy atom. The molecular formula is C14H25N3O2S. The van der Waals surface area contributed by atoms with Crippen LogP contribution in [0.3, 0.4) is 0 Å². The Hall–Kier alpha value is -1.27. The van der Waals surface area contributed by atoms with Crippen LogP contribution in [0.4, 0.5) is 11.4 Å². The number of hydrogen-bond donors (Lipinski definition) is 2. The maximum atomic E-state index is 11.9. The van der Waals surface area contributed by atoms with Crippen molar-refractivity contribution in [1.29, 1.82) is 0 Å². The summed E-state index contributed by atoms with van der Waals surface area (Å²) >= 11 is 0. The van der Waals surface area contributed by atoms with Gasteiger partial charge in [0.05, 0.1) is 16.3 Å². The minimum atomic E-state index is -3.46. The van der Waals surface area contributed by atoms with E-state index in [9.17, 15) is 8.42 Å². The Bertz CT molecular complexity index is 554. The summed E-state index contributed by atoms with van der Waals surface area (Å²) in [5.74, 6) is 0.460. The van der Waals surface area contributed by atoms with Crippen LogP contribution in [0.15, 0.2) is 23.1 Å². The molecule has 6 heteroatoms. The molecule has 20 heavy (non-hydrogen) atoms. The molecule has 0 saturated carbocycles. The van der Waals surface area contributed by atoms with Gasteiger partial charge < -0.3 is 10.6 Å². The van der Waals surface area contributed by atoms with Crippen molar-refractivity contribution in [3.63, 3.8) is 0 Å². The zero-order valence-corrected chi connectivity index (χ0v) is 13.7. The standard InChI is InChI=1S/C14H25N3O2S/c1-10(2)9-17(11(3)4)14-8-12(6-7-13(14)15)20(18,19)16-5/h6-8,10-11,16H,9,15H2,1-5H3. The van der Waals surface area contributed by atoms with Crippen molar-refractivity contribution in [3.05, 3.63) is 18.2 Å². The highest BCUT2D eigenvalue weighted by Crippen LogP contribution is 2.28. The molecule has 0 aliphatic rings. The van der Waals surface area contributed by atoms with Gasteiger partial charge in [0.25, 0.3) is 0 Å². The van der Waals surface area contributed by atoms with Crippen LogP contribution in [-0.4, -0.2) is 28.1 Å². The molecule has 0 amide bonds. The number of hydrogen-bond acceptors (Lipinski definition) is 4. The van der Waals surface area contributed by atoms with Gasteiger partial charge in [0, 0.05) is 12.6 Å². The van der Waals surface area contributed by atoms with Gasteiger partial charge in [-0.2, -0.15) is 0 Å². The zero-order valence-electron chi connectivity index (χ0n) is 12.8. The van der Waals surface area contributed by atoms with E-state index in [1.807, 2.05) is 0 Å². The summed E-state index contributed by atoms with van der Waals surface area (Å²) in [4.78, 5) is 2.37. The smallest absolute Gasteiger partial charge is 0.240 e. The Morgan fingerprint density at radius 1 is 1.25 bits per heavy atom. The highest BCUT2D eigenvalue weighted by Gasteiger charge is 2.19. The third kappa shape index (κ3) is 3.86. The SMILES string of the molecule is CNS(=O)(=O)c1ccc(N)c(N(CC(C)C)C(C)C)c1. The Labute approximate surface area is 122 Å². The zero-order chi connectivity index (χ0) is 15.5. The van der Waals surface area contributed by atoms with Crippen LogP contribution >= 0.6 is 0 Å². The fourth-order valence-corrected chi connectivity index (χ4v) is 2.79. The van der Waals surface area contributed by atoms with Crippen molar-refractivity contribution in [1.82, 2.24) is 4.72 Å². The van der Waals surface area contributed by atoms with E-state index in [4.69, 9.17) is 5.73 Å². The van der Waals surface area contributed by atoms with Crippen molar-refractivity contribution in [2.75, 3.05) is 24.2 Å². The third-order valence-electron chi connectivity index (χ3n) is 3.08. The summed E-state index contributed by atoms with van der Waals surface area (Å²) in [6.45, 7) is 9.21. The molecule has 5 nitrogen and oxygen atoms in total. The van der Waals surface area contributed by atoms with Gasteiger partial charge in [-0.25, -0.2) is 13.1 Å². The van der Waals surface area contributed by atoms with Gasteiger partial charge in [0.15, 0.2) is 0 Å². The van der Waals surface area contributed by atoms with Crippen LogP contribution in [0.25, 0.3) is 0 Å². The molecule has 0 aliphatic heterocycles. The van der Waals surface area contributed by atoms with Gasteiger partial charge in [-0.15, -0.1) is 0 Å². The topological polar surface area (TPSA) is 75.4 Å². The van der Waals surface area contributed by atoms with Crippen LogP contribution in [0.5, 0.6) is 0 Å². The fraction of sp³-hybridized carbons (Fsp3) is 0.571. The quantitative estimate of drug-likeness (QED) is 0.788. The predicted molar refractivity (Wildman–Crippen MR) is 84.4 cm³/mol. The molecule has 0 radical (unpaired) electrons. The number of nitrogens with one attached hydrogen (secondary N) is 1. The average molecular weight is 299 g/mol. The molecule has 114 valence electrons. The monoisotopic (exact) mass is 299 g/mol. The summed E-state index contributed by atoms with van der Waals surface area (Å²) in [5, 5.41) is 0. The van der Waals surface area contributed by atoms with Gasteiger partial charge in [-0.05, 0) is 45.0 Å². The summed E-state index contributed by atoms with van der Waals surface area (Å²) in [7, 11) is -2.05. The molecule has 1 aromatic rings. The van der Waals surface area contributed by atoms with E-state index in [0.29, 0.717) is 11.6 Å². The first kappa shape index (κ1) is 16.8. The lowest BCUT2D eigenvalue weighted by Crippen LogP contribution is -2.35. The molecule has 1 rings (SSSR count). The van der Waals surface area contributed by atoms with Crippen LogP contribution in [-0.2, 0) is 10.0 Å². The van der Waals surface area contributed by atoms with Gasteiger partial charge in [0.1, 0.15) is 0 Å². The van der Waals surface area contributed by atoms with Gasteiger partial charge >= 0.3 is 0 Å². The predicted octanol–water partition coefficient (Wildman–Crippen LogP) is 2.05. The second-order valence-corrected chi connectivity index (χ2v) is 7.45. The van der Waals surface area contributed by atoms with Crippen molar-refractivity contribution >= 4 is 21.4 Å². The normalized spacial score (nSPS) is 12.2. The van der Waals surface area contributed by atoms with E-state index < -0.39 is 10.0 Å². The summed E-state index contributed by atoms with van der Waals surface area (Å²) in [6, 6.07) is 5.06. The average Bonchev–Trinajstić information content (AvgIpc) is 2.36.